The Balaban J connectivity index is 0.000000342. The molecule has 5 rings (SSSR count). The third-order valence-electron chi connectivity index (χ3n) is 6.81. The number of aryl methyl sites for hydroxylation is 1. The van der Waals surface area contributed by atoms with Gasteiger partial charge in [-0.15, -0.1) is 0 Å². The van der Waals surface area contributed by atoms with E-state index < -0.39 is 0 Å². The van der Waals surface area contributed by atoms with Crippen LogP contribution in [0, 0.1) is 13.8 Å². The van der Waals surface area contributed by atoms with Crippen molar-refractivity contribution in [3.05, 3.63) is 94.6 Å². The fraction of sp³-hybridized carbons (Fsp3) is 0.267. The predicted octanol–water partition coefficient (Wildman–Crippen LogP) is 5.56. The van der Waals surface area contributed by atoms with Crippen LogP contribution >= 0.6 is 11.6 Å². The molecule has 6 nitrogen and oxygen atoms in total. The number of ketones is 1. The zero-order chi connectivity index (χ0) is 26.4. The lowest BCUT2D eigenvalue weighted by Gasteiger charge is -2.31. The second-order valence-electron chi connectivity index (χ2n) is 9.46. The number of carbonyl (C=O) groups is 2. The van der Waals surface area contributed by atoms with Crippen molar-refractivity contribution in [3.63, 3.8) is 0 Å². The molecule has 3 N–H and O–H groups in total. The van der Waals surface area contributed by atoms with E-state index in [0.717, 1.165) is 65.9 Å². The highest BCUT2D eigenvalue weighted by Gasteiger charge is 2.25. The molecule has 2 heterocycles. The van der Waals surface area contributed by atoms with E-state index in [1.807, 2.05) is 86.6 Å². The number of halogens is 1. The summed E-state index contributed by atoms with van der Waals surface area (Å²) < 4.78 is 2.12. The van der Waals surface area contributed by atoms with E-state index in [-0.39, 0.29) is 11.8 Å². The number of nitrogens with two attached hydrogens (primary N) is 1. The number of nitrogen functional groups attached to an aromatic ring is 1. The van der Waals surface area contributed by atoms with Crippen molar-refractivity contribution in [1.29, 1.82) is 0 Å². The van der Waals surface area contributed by atoms with Crippen LogP contribution in [0.2, 0.25) is 5.02 Å². The molecule has 1 aliphatic rings. The molecule has 4 aromatic rings. The average Bonchev–Trinajstić information content (AvgIpc) is 3.20. The normalized spacial score (nSPS) is 14.1. The molecular weight excluding hydrogens is 484 g/mol. The molecule has 0 spiro atoms. The number of benzene rings is 3. The van der Waals surface area contributed by atoms with Crippen LogP contribution in [-0.4, -0.2) is 47.3 Å². The minimum absolute atomic E-state index is 0.133. The molecule has 192 valence electrons. The SMILES string of the molecule is Cc1c(C(=O)CN2CCC(NC=O)CC2)c2ccccc2n1-c1ccc(Cl)cc1.Cc1ccc(N)cc1. The van der Waals surface area contributed by atoms with E-state index in [1.165, 1.54) is 5.56 Å². The van der Waals surface area contributed by atoms with Gasteiger partial charge in [0.15, 0.2) is 5.78 Å². The number of carbonyl (C=O) groups excluding carboxylic acids is 2. The maximum atomic E-state index is 13.3. The Hall–Kier alpha value is -3.61. The molecule has 0 radical (unpaired) electrons. The maximum Gasteiger partial charge on any atom is 0.207 e. The molecule has 1 amide bonds. The Morgan fingerprint density at radius 2 is 1.65 bits per heavy atom. The Morgan fingerprint density at radius 1 is 1.00 bits per heavy atom. The largest absolute Gasteiger partial charge is 0.399 e. The van der Waals surface area contributed by atoms with Gasteiger partial charge in [-0.25, -0.2) is 0 Å². The smallest absolute Gasteiger partial charge is 0.207 e. The van der Waals surface area contributed by atoms with Crippen molar-refractivity contribution in [1.82, 2.24) is 14.8 Å². The summed E-state index contributed by atoms with van der Waals surface area (Å²) >= 11 is 6.06. The van der Waals surface area contributed by atoms with E-state index >= 15 is 0 Å². The number of Topliss-reactive ketones (excluding diaryl/α,β-unsaturated/α-hetero) is 1. The van der Waals surface area contributed by atoms with Crippen LogP contribution in [0.15, 0.2) is 72.8 Å². The monoisotopic (exact) mass is 516 g/mol. The van der Waals surface area contributed by atoms with E-state index in [2.05, 4.69) is 14.8 Å². The fourth-order valence-electron chi connectivity index (χ4n) is 4.84. The number of aromatic nitrogens is 1. The van der Waals surface area contributed by atoms with Gasteiger partial charge in [-0.2, -0.15) is 0 Å². The second-order valence-corrected chi connectivity index (χ2v) is 9.89. The molecular formula is C30H33ClN4O2. The molecule has 0 unspecified atom stereocenters. The van der Waals surface area contributed by atoms with E-state index in [0.29, 0.717) is 11.6 Å². The highest BCUT2D eigenvalue weighted by Crippen LogP contribution is 2.30. The van der Waals surface area contributed by atoms with Crippen LogP contribution in [0.25, 0.3) is 16.6 Å². The van der Waals surface area contributed by atoms with Crippen LogP contribution in [0.3, 0.4) is 0 Å². The van der Waals surface area contributed by atoms with E-state index in [9.17, 15) is 9.59 Å². The highest BCUT2D eigenvalue weighted by atomic mass is 35.5. The molecule has 0 bridgehead atoms. The number of piperidine rings is 1. The molecule has 0 atom stereocenters. The first-order valence-electron chi connectivity index (χ1n) is 12.5. The van der Waals surface area contributed by atoms with Crippen molar-refractivity contribution in [2.24, 2.45) is 0 Å². The van der Waals surface area contributed by atoms with Crippen molar-refractivity contribution in [2.75, 3.05) is 25.4 Å². The lowest BCUT2D eigenvalue weighted by molar-refractivity contribution is -0.110. The Bertz CT molecular complexity index is 1330. The van der Waals surface area contributed by atoms with Crippen LogP contribution in [0.5, 0.6) is 0 Å². The summed E-state index contributed by atoms with van der Waals surface area (Å²) in [5.41, 5.74) is 11.2. The van der Waals surface area contributed by atoms with Gasteiger partial charge in [0.1, 0.15) is 0 Å². The Morgan fingerprint density at radius 3 is 2.27 bits per heavy atom. The zero-order valence-electron chi connectivity index (χ0n) is 21.3. The number of amides is 1. The summed E-state index contributed by atoms with van der Waals surface area (Å²) in [5.74, 6) is 0.133. The lowest BCUT2D eigenvalue weighted by Crippen LogP contribution is -2.43. The van der Waals surface area contributed by atoms with Gasteiger partial charge in [0.05, 0.1) is 12.1 Å². The number of hydrogen-bond acceptors (Lipinski definition) is 4. The summed E-state index contributed by atoms with van der Waals surface area (Å²) in [5, 5.41) is 4.51. The van der Waals surface area contributed by atoms with Crippen molar-refractivity contribution >= 4 is 40.4 Å². The maximum absolute atomic E-state index is 13.3. The van der Waals surface area contributed by atoms with Gasteiger partial charge < -0.3 is 15.6 Å². The summed E-state index contributed by atoms with van der Waals surface area (Å²) in [7, 11) is 0. The minimum Gasteiger partial charge on any atom is -0.399 e. The molecule has 0 saturated carbocycles. The number of nitrogens with one attached hydrogen (secondary N) is 1. The first-order valence-corrected chi connectivity index (χ1v) is 12.9. The van der Waals surface area contributed by atoms with Crippen LogP contribution < -0.4 is 11.1 Å². The van der Waals surface area contributed by atoms with Crippen molar-refractivity contribution < 1.29 is 9.59 Å². The highest BCUT2D eigenvalue weighted by molar-refractivity contribution is 6.30. The van der Waals surface area contributed by atoms with Gasteiger partial charge in [0, 0.05) is 52.2 Å². The van der Waals surface area contributed by atoms with Gasteiger partial charge in [0.25, 0.3) is 0 Å². The first kappa shape index (κ1) is 26.5. The number of rotatable bonds is 6. The molecule has 1 aliphatic heterocycles. The number of hydrogen-bond donors (Lipinski definition) is 2. The second kappa shape index (κ2) is 12.1. The number of nitrogens with zero attached hydrogens (tertiary/aromatic N) is 2. The van der Waals surface area contributed by atoms with Gasteiger partial charge in [0.2, 0.25) is 6.41 Å². The molecule has 7 heteroatoms. The Kier molecular flexibility index (Phi) is 8.64. The van der Waals surface area contributed by atoms with Crippen LogP contribution in [0.4, 0.5) is 5.69 Å². The third-order valence-corrected chi connectivity index (χ3v) is 7.06. The fourth-order valence-corrected chi connectivity index (χ4v) is 4.97. The van der Waals surface area contributed by atoms with Crippen LogP contribution in [-0.2, 0) is 4.79 Å². The quantitative estimate of drug-likeness (QED) is 0.200. The Labute approximate surface area is 223 Å². The number of para-hydroxylation sites is 1. The standard InChI is InChI=1S/C23H24ClN3O2.C7H9N/c1-16-23(22(29)14-26-12-10-18(11-13-26)25-15-28)20-4-2-3-5-21(20)27(16)19-8-6-17(24)7-9-19;1-6-2-4-7(8)5-3-6/h2-9,15,18H,10-14H2,1H3,(H,25,28);2-5H,8H2,1H3. The van der Waals surface area contributed by atoms with Crippen molar-refractivity contribution in [2.45, 2.75) is 32.7 Å². The summed E-state index contributed by atoms with van der Waals surface area (Å²) in [6.07, 6.45) is 2.51. The molecule has 1 aromatic heterocycles. The minimum atomic E-state index is 0.133. The average molecular weight is 517 g/mol. The number of anilines is 1. The van der Waals surface area contributed by atoms with Gasteiger partial charge in [-0.3, -0.25) is 14.5 Å². The molecule has 1 saturated heterocycles. The predicted molar refractivity (Wildman–Crippen MR) is 152 cm³/mol. The third kappa shape index (κ3) is 6.40. The van der Waals surface area contributed by atoms with Gasteiger partial charge in [-0.1, -0.05) is 47.5 Å². The van der Waals surface area contributed by atoms with E-state index in [4.69, 9.17) is 17.3 Å². The zero-order valence-corrected chi connectivity index (χ0v) is 22.0. The van der Waals surface area contributed by atoms with Gasteiger partial charge in [-0.05, 0) is 69.2 Å². The van der Waals surface area contributed by atoms with Gasteiger partial charge >= 0.3 is 0 Å². The summed E-state index contributed by atoms with van der Waals surface area (Å²) in [4.78, 5) is 26.1. The summed E-state index contributed by atoms with van der Waals surface area (Å²) in [6.45, 7) is 6.06. The number of likely N-dealkylation sites (tertiary alicyclic amines) is 1. The van der Waals surface area contributed by atoms with E-state index in [1.54, 1.807) is 0 Å². The lowest BCUT2D eigenvalue weighted by atomic mass is 10.0. The molecule has 3 aromatic carbocycles. The topological polar surface area (TPSA) is 80.4 Å². The number of fused-ring (bicyclic) bond motifs is 1. The molecule has 37 heavy (non-hydrogen) atoms. The molecule has 1 fully saturated rings. The van der Waals surface area contributed by atoms with Crippen molar-refractivity contribution in [3.8, 4) is 5.69 Å². The summed E-state index contributed by atoms with van der Waals surface area (Å²) in [6, 6.07) is 23.7. The first-order chi connectivity index (χ1) is 17.9. The van der Waals surface area contributed by atoms with Crippen LogP contribution in [0.1, 0.15) is 34.5 Å². The molecule has 0 aliphatic carbocycles.